The molecule has 0 aliphatic carbocycles. The van der Waals surface area contributed by atoms with Crippen molar-refractivity contribution < 1.29 is 17.9 Å². The van der Waals surface area contributed by atoms with Crippen molar-refractivity contribution in [2.75, 3.05) is 5.75 Å². The molecule has 1 aromatic rings. The average Bonchev–Trinajstić information content (AvgIpc) is 2.38. The second-order valence-electron chi connectivity index (χ2n) is 4.80. The number of sulfone groups is 1. The van der Waals surface area contributed by atoms with Gasteiger partial charge in [0.15, 0.2) is 15.1 Å². The van der Waals surface area contributed by atoms with Gasteiger partial charge in [-0.3, -0.25) is 4.79 Å². The van der Waals surface area contributed by atoms with Crippen molar-refractivity contribution in [3.63, 3.8) is 0 Å². The molecule has 104 valence electrons. The lowest BCUT2D eigenvalue weighted by Gasteiger charge is -2.23. The second-order valence-corrected chi connectivity index (χ2v) is 7.10. The first-order valence-corrected chi connectivity index (χ1v) is 8.27. The fourth-order valence-electron chi connectivity index (χ4n) is 2.20. The number of esters is 1. The zero-order chi connectivity index (χ0) is 13.9. The molecule has 1 heterocycles. The largest absolute Gasteiger partial charge is 0.425 e. The van der Waals surface area contributed by atoms with Crippen molar-refractivity contribution in [2.45, 2.75) is 37.9 Å². The van der Waals surface area contributed by atoms with Crippen LogP contribution in [0.4, 0.5) is 0 Å². The van der Waals surface area contributed by atoms with Gasteiger partial charge in [0, 0.05) is 6.42 Å². The van der Waals surface area contributed by atoms with E-state index < -0.39 is 21.1 Å². The predicted octanol–water partition coefficient (Wildman–Crippen LogP) is 2.12. The van der Waals surface area contributed by atoms with Crippen molar-refractivity contribution in [1.82, 2.24) is 0 Å². The van der Waals surface area contributed by atoms with E-state index in [2.05, 4.69) is 0 Å². The van der Waals surface area contributed by atoms with E-state index in [4.69, 9.17) is 4.74 Å². The van der Waals surface area contributed by atoms with Crippen molar-refractivity contribution >= 4 is 15.8 Å². The summed E-state index contributed by atoms with van der Waals surface area (Å²) in [6.07, 6.45) is 2.64. The molecule has 4 nitrogen and oxygen atoms in total. The molecule has 0 bridgehead atoms. The van der Waals surface area contributed by atoms with Crippen LogP contribution in [0.1, 0.15) is 31.7 Å². The molecule has 1 unspecified atom stereocenters. The Morgan fingerprint density at radius 3 is 2.74 bits per heavy atom. The summed E-state index contributed by atoms with van der Waals surface area (Å²) in [4.78, 5) is 11.8. The van der Waals surface area contributed by atoms with Gasteiger partial charge in [-0.2, -0.15) is 0 Å². The number of unbranched alkanes of at least 4 members (excludes halogenated alkanes) is 2. The number of hydrogen-bond donors (Lipinski definition) is 0. The maximum absolute atomic E-state index is 12.2. The fraction of sp³-hybridized carbons (Fsp3) is 0.500. The number of para-hydroxylation sites is 1. The Morgan fingerprint density at radius 1 is 1.26 bits per heavy atom. The summed E-state index contributed by atoms with van der Waals surface area (Å²) in [5.41, 5.74) is 0.783. The third kappa shape index (κ3) is 3.15. The average molecular weight is 282 g/mol. The smallest absolute Gasteiger partial charge is 0.330 e. The van der Waals surface area contributed by atoms with Crippen LogP contribution in [0.5, 0.6) is 5.75 Å². The van der Waals surface area contributed by atoms with Gasteiger partial charge in [-0.05, 0) is 18.1 Å². The van der Waals surface area contributed by atoms with E-state index in [0.717, 1.165) is 18.4 Å². The van der Waals surface area contributed by atoms with Gasteiger partial charge in [0.05, 0.1) is 5.75 Å². The lowest BCUT2D eigenvalue weighted by molar-refractivity contribution is -0.134. The topological polar surface area (TPSA) is 60.4 Å². The van der Waals surface area contributed by atoms with Crippen molar-refractivity contribution in [3.8, 4) is 5.75 Å². The number of carbonyl (C=O) groups is 1. The first-order valence-electron chi connectivity index (χ1n) is 6.56. The lowest BCUT2D eigenvalue weighted by atomic mass is 10.1. The van der Waals surface area contributed by atoms with E-state index in [9.17, 15) is 13.2 Å². The summed E-state index contributed by atoms with van der Waals surface area (Å²) in [7, 11) is -3.42. The van der Waals surface area contributed by atoms with Gasteiger partial charge < -0.3 is 4.74 Å². The highest BCUT2D eigenvalue weighted by molar-refractivity contribution is 7.92. The highest BCUT2D eigenvalue weighted by Gasteiger charge is 2.37. The summed E-state index contributed by atoms with van der Waals surface area (Å²) in [6.45, 7) is 2.01. The minimum atomic E-state index is -3.42. The van der Waals surface area contributed by atoms with Crippen LogP contribution in [0, 0.1) is 0 Å². The SMILES string of the molecule is CCCCCS(=O)(=O)C1Cc2ccccc2OC1=O. The Labute approximate surface area is 113 Å². The molecule has 0 aromatic heterocycles. The minimum Gasteiger partial charge on any atom is -0.425 e. The highest BCUT2D eigenvalue weighted by Crippen LogP contribution is 2.28. The fourth-order valence-corrected chi connectivity index (χ4v) is 3.86. The van der Waals surface area contributed by atoms with E-state index >= 15 is 0 Å². The van der Waals surface area contributed by atoms with Crippen LogP contribution in [0.25, 0.3) is 0 Å². The van der Waals surface area contributed by atoms with Gasteiger partial charge >= 0.3 is 5.97 Å². The van der Waals surface area contributed by atoms with Gasteiger partial charge in [-0.15, -0.1) is 0 Å². The summed E-state index contributed by atoms with van der Waals surface area (Å²) >= 11 is 0. The van der Waals surface area contributed by atoms with Crippen LogP contribution >= 0.6 is 0 Å². The van der Waals surface area contributed by atoms with Crippen LogP contribution in [-0.2, 0) is 21.1 Å². The lowest BCUT2D eigenvalue weighted by Crippen LogP contribution is -2.40. The molecule has 0 N–H and O–H groups in total. The Hall–Kier alpha value is -1.36. The third-order valence-electron chi connectivity index (χ3n) is 3.32. The van der Waals surface area contributed by atoms with Gasteiger partial charge in [-0.1, -0.05) is 38.0 Å². The molecule has 1 aromatic carbocycles. The number of ether oxygens (including phenoxy) is 1. The Balaban J connectivity index is 2.16. The summed E-state index contributed by atoms with van der Waals surface area (Å²) in [5, 5.41) is -1.04. The molecular formula is C14H18O4S. The molecule has 1 aliphatic rings. The van der Waals surface area contributed by atoms with Crippen LogP contribution in [0.3, 0.4) is 0 Å². The van der Waals surface area contributed by atoms with E-state index in [-0.39, 0.29) is 12.2 Å². The van der Waals surface area contributed by atoms with Crippen LogP contribution < -0.4 is 4.74 Å². The van der Waals surface area contributed by atoms with E-state index in [1.807, 2.05) is 13.0 Å². The molecule has 0 saturated heterocycles. The predicted molar refractivity (Wildman–Crippen MR) is 72.9 cm³/mol. The molecule has 0 fully saturated rings. The Morgan fingerprint density at radius 2 is 2.00 bits per heavy atom. The molecule has 0 radical (unpaired) electrons. The maximum Gasteiger partial charge on any atom is 0.330 e. The van der Waals surface area contributed by atoms with E-state index in [0.29, 0.717) is 12.2 Å². The first-order chi connectivity index (χ1) is 9.04. The molecule has 5 heteroatoms. The molecule has 1 aliphatic heterocycles. The standard InChI is InChI=1S/C14H18O4S/c1-2-3-6-9-19(16,17)13-10-11-7-4-5-8-12(11)18-14(13)15/h4-5,7-8,13H,2-3,6,9-10H2,1H3. The molecule has 0 saturated carbocycles. The van der Waals surface area contributed by atoms with Crippen LogP contribution in [0.15, 0.2) is 24.3 Å². The summed E-state index contributed by atoms with van der Waals surface area (Å²) in [6, 6.07) is 7.07. The molecule has 0 spiro atoms. The van der Waals surface area contributed by atoms with Gasteiger partial charge in [0.25, 0.3) is 0 Å². The number of fused-ring (bicyclic) bond motifs is 1. The van der Waals surface area contributed by atoms with E-state index in [1.54, 1.807) is 18.2 Å². The number of hydrogen-bond acceptors (Lipinski definition) is 4. The first kappa shape index (κ1) is 14.1. The highest BCUT2D eigenvalue weighted by atomic mass is 32.2. The van der Waals surface area contributed by atoms with Gasteiger partial charge in [0.2, 0.25) is 0 Å². The zero-order valence-electron chi connectivity index (χ0n) is 11.0. The molecule has 1 atom stereocenters. The quantitative estimate of drug-likeness (QED) is 0.471. The van der Waals surface area contributed by atoms with E-state index in [1.165, 1.54) is 0 Å². The number of rotatable bonds is 5. The van der Waals surface area contributed by atoms with Gasteiger partial charge in [-0.25, -0.2) is 8.42 Å². The van der Waals surface area contributed by atoms with Gasteiger partial charge in [0.1, 0.15) is 5.75 Å². The normalized spacial score (nSPS) is 18.8. The van der Waals surface area contributed by atoms with Crippen LogP contribution in [0.2, 0.25) is 0 Å². The monoisotopic (exact) mass is 282 g/mol. The minimum absolute atomic E-state index is 0.0583. The number of benzene rings is 1. The van der Waals surface area contributed by atoms with Crippen molar-refractivity contribution in [2.24, 2.45) is 0 Å². The third-order valence-corrected chi connectivity index (χ3v) is 5.40. The maximum atomic E-state index is 12.2. The van der Waals surface area contributed by atoms with Crippen molar-refractivity contribution in [3.05, 3.63) is 29.8 Å². The molecular weight excluding hydrogens is 264 g/mol. The molecule has 19 heavy (non-hydrogen) atoms. The molecule has 2 rings (SSSR count). The second kappa shape index (κ2) is 5.74. The Kier molecular flexibility index (Phi) is 4.24. The Bertz CT molecular complexity index is 563. The van der Waals surface area contributed by atoms with Crippen molar-refractivity contribution in [1.29, 1.82) is 0 Å². The number of carbonyl (C=O) groups excluding carboxylic acids is 1. The molecule has 0 amide bonds. The summed E-state index contributed by atoms with van der Waals surface area (Å²) in [5.74, 6) is -0.106. The van der Waals surface area contributed by atoms with Crippen LogP contribution in [-0.4, -0.2) is 25.4 Å². The zero-order valence-corrected chi connectivity index (χ0v) is 11.8. The summed E-state index contributed by atoms with van der Waals surface area (Å²) < 4.78 is 29.5.